The number of aromatic amines is 1. The van der Waals surface area contributed by atoms with E-state index in [1.54, 1.807) is 29.5 Å². The molecule has 0 radical (unpaired) electrons. The summed E-state index contributed by atoms with van der Waals surface area (Å²) in [6.07, 6.45) is -1.68. The molecule has 2 aliphatic heterocycles. The van der Waals surface area contributed by atoms with Gasteiger partial charge in [-0.05, 0) is 37.0 Å². The van der Waals surface area contributed by atoms with Crippen LogP contribution in [-0.2, 0) is 17.5 Å². The number of piperazine rings is 1. The molecule has 0 spiro atoms. The van der Waals surface area contributed by atoms with Crippen molar-refractivity contribution in [1.29, 1.82) is 0 Å². The lowest BCUT2D eigenvalue weighted by molar-refractivity contribution is -0.140. The topological polar surface area (TPSA) is 60.5 Å². The van der Waals surface area contributed by atoms with E-state index in [9.17, 15) is 13.2 Å². The molecular formula is C28H31F3N6OS. The maximum Gasteiger partial charge on any atom is 0.431 e. The summed E-state index contributed by atoms with van der Waals surface area (Å²) in [5.41, 5.74) is 1.09. The summed E-state index contributed by atoms with van der Waals surface area (Å²) in [5, 5.41) is 0.469. The van der Waals surface area contributed by atoms with Gasteiger partial charge < -0.3 is 19.5 Å². The molecule has 39 heavy (non-hydrogen) atoms. The number of anilines is 1. The molecule has 7 rings (SSSR count). The van der Waals surface area contributed by atoms with E-state index in [2.05, 4.69) is 25.8 Å². The third-order valence-electron chi connectivity index (χ3n) is 7.98. The Kier molecular flexibility index (Phi) is 6.49. The van der Waals surface area contributed by atoms with Gasteiger partial charge >= 0.3 is 6.18 Å². The molecular weight excluding hydrogens is 525 g/mol. The number of hydrogen-bond acceptors (Lipinski definition) is 7. The van der Waals surface area contributed by atoms with Crippen LogP contribution in [-0.4, -0.2) is 83.8 Å². The van der Waals surface area contributed by atoms with Gasteiger partial charge in [-0.2, -0.15) is 13.2 Å². The van der Waals surface area contributed by atoms with Gasteiger partial charge in [0.05, 0.1) is 23.4 Å². The first kappa shape index (κ1) is 25.3. The standard InChI is InChI=1S/C28H31F3N6OS/c29-28(30,31)24-15-21-20(2-1-3-22(21)32-24)26-33-23-14-19(17-36-8-6-35(7-9-36)16-18-4-5-18)39-25(23)27(34-26)37-10-12-38-13-11-37/h1-3,14-15,18,32H,4-13,16-17H2. The van der Waals surface area contributed by atoms with Crippen molar-refractivity contribution in [2.45, 2.75) is 25.6 Å². The highest BCUT2D eigenvalue weighted by Gasteiger charge is 2.33. The van der Waals surface area contributed by atoms with E-state index in [1.165, 1.54) is 24.3 Å². The van der Waals surface area contributed by atoms with Crippen LogP contribution in [0.3, 0.4) is 0 Å². The molecule has 3 aliphatic rings. The van der Waals surface area contributed by atoms with E-state index in [-0.39, 0.29) is 0 Å². The fourth-order valence-electron chi connectivity index (χ4n) is 5.67. The van der Waals surface area contributed by atoms with Gasteiger partial charge in [-0.25, -0.2) is 9.97 Å². The SMILES string of the molecule is FC(F)(F)c1cc2c(-c3nc(N4CCOCC4)c4sc(CN5CCN(CC6CC6)CC5)cc4n3)cccc2[nH]1. The molecule has 3 fully saturated rings. The smallest absolute Gasteiger partial charge is 0.378 e. The first-order valence-corrected chi connectivity index (χ1v) is 14.5. The van der Waals surface area contributed by atoms with Gasteiger partial charge in [0.2, 0.25) is 0 Å². The monoisotopic (exact) mass is 556 g/mol. The molecule has 0 bridgehead atoms. The number of nitrogens with zero attached hydrogens (tertiary/aromatic N) is 5. The maximum atomic E-state index is 13.5. The second-order valence-corrected chi connectivity index (χ2v) is 12.0. The minimum atomic E-state index is -4.45. The molecule has 1 saturated carbocycles. The van der Waals surface area contributed by atoms with Gasteiger partial charge in [-0.1, -0.05) is 12.1 Å². The number of nitrogens with one attached hydrogen (secondary N) is 1. The van der Waals surface area contributed by atoms with E-state index < -0.39 is 11.9 Å². The highest BCUT2D eigenvalue weighted by molar-refractivity contribution is 7.19. The molecule has 0 amide bonds. The summed E-state index contributed by atoms with van der Waals surface area (Å²) in [7, 11) is 0. The average Bonchev–Trinajstić information content (AvgIpc) is 3.47. The Morgan fingerprint density at radius 2 is 1.74 bits per heavy atom. The average molecular weight is 557 g/mol. The summed E-state index contributed by atoms with van der Waals surface area (Å²) < 4.78 is 47.0. The molecule has 7 nitrogen and oxygen atoms in total. The first-order valence-electron chi connectivity index (χ1n) is 13.7. The van der Waals surface area contributed by atoms with Gasteiger partial charge in [0.25, 0.3) is 0 Å². The summed E-state index contributed by atoms with van der Waals surface area (Å²) in [5.74, 6) is 2.20. The van der Waals surface area contributed by atoms with Crippen LogP contribution < -0.4 is 4.90 Å². The molecule has 1 aromatic carbocycles. The molecule has 5 heterocycles. The highest BCUT2D eigenvalue weighted by atomic mass is 32.1. The van der Waals surface area contributed by atoms with Gasteiger partial charge in [-0.15, -0.1) is 11.3 Å². The van der Waals surface area contributed by atoms with E-state index in [4.69, 9.17) is 14.7 Å². The fourth-order valence-corrected chi connectivity index (χ4v) is 6.83. The fraction of sp³-hybridized carbons (Fsp3) is 0.500. The van der Waals surface area contributed by atoms with Crippen molar-refractivity contribution < 1.29 is 17.9 Å². The number of H-pyrrole nitrogens is 1. The minimum Gasteiger partial charge on any atom is -0.378 e. The summed E-state index contributed by atoms with van der Waals surface area (Å²) in [4.78, 5) is 21.0. The third-order valence-corrected chi connectivity index (χ3v) is 9.09. The Labute approximate surface area is 228 Å². The minimum absolute atomic E-state index is 0.420. The molecule has 1 aliphatic carbocycles. The second-order valence-electron chi connectivity index (χ2n) is 10.9. The number of rotatable bonds is 6. The Hall–Kier alpha value is -2.73. The Balaban J connectivity index is 1.23. The molecule has 206 valence electrons. The van der Waals surface area contributed by atoms with Crippen molar-refractivity contribution >= 4 is 38.3 Å². The zero-order valence-corrected chi connectivity index (χ0v) is 22.5. The molecule has 0 atom stereocenters. The normalized spacial score (nSPS) is 19.9. The predicted molar refractivity (Wildman–Crippen MR) is 147 cm³/mol. The maximum absolute atomic E-state index is 13.5. The van der Waals surface area contributed by atoms with Crippen LogP contribution in [0.15, 0.2) is 30.3 Å². The van der Waals surface area contributed by atoms with Crippen LogP contribution in [0.25, 0.3) is 32.5 Å². The van der Waals surface area contributed by atoms with Crippen molar-refractivity contribution in [2.24, 2.45) is 5.92 Å². The molecule has 2 saturated heterocycles. The third kappa shape index (κ3) is 5.25. The number of hydrogen-bond donors (Lipinski definition) is 1. The van der Waals surface area contributed by atoms with Crippen molar-refractivity contribution in [2.75, 3.05) is 63.9 Å². The van der Waals surface area contributed by atoms with Gasteiger partial charge in [0.15, 0.2) is 11.6 Å². The number of halogens is 3. The molecule has 4 aromatic rings. The quantitative estimate of drug-likeness (QED) is 0.351. The largest absolute Gasteiger partial charge is 0.431 e. The van der Waals surface area contributed by atoms with Crippen LogP contribution in [0.1, 0.15) is 23.4 Å². The Morgan fingerprint density at radius 3 is 2.49 bits per heavy atom. The number of benzene rings is 1. The number of morpholine rings is 1. The van der Waals surface area contributed by atoms with Crippen LogP contribution in [0.4, 0.5) is 19.0 Å². The molecule has 0 unspecified atom stereocenters. The number of ether oxygens (including phenoxy) is 1. The Morgan fingerprint density at radius 1 is 0.974 bits per heavy atom. The highest BCUT2D eigenvalue weighted by Crippen LogP contribution is 2.38. The second kappa shape index (κ2) is 10.0. The zero-order chi connectivity index (χ0) is 26.6. The van der Waals surface area contributed by atoms with Gasteiger partial charge in [0.1, 0.15) is 5.69 Å². The summed E-state index contributed by atoms with van der Waals surface area (Å²) in [6, 6.07) is 8.51. The van der Waals surface area contributed by atoms with E-state index >= 15 is 0 Å². The van der Waals surface area contributed by atoms with E-state index in [0.717, 1.165) is 60.7 Å². The van der Waals surface area contributed by atoms with Crippen molar-refractivity contribution in [3.05, 3.63) is 40.9 Å². The van der Waals surface area contributed by atoms with Gasteiger partial charge in [-0.3, -0.25) is 4.90 Å². The van der Waals surface area contributed by atoms with Crippen molar-refractivity contribution in [3.8, 4) is 11.4 Å². The molecule has 1 N–H and O–H groups in total. The number of aromatic nitrogens is 3. The van der Waals surface area contributed by atoms with Crippen molar-refractivity contribution in [1.82, 2.24) is 24.8 Å². The lowest BCUT2D eigenvalue weighted by Crippen LogP contribution is -2.46. The first-order chi connectivity index (χ1) is 18.9. The molecule has 3 aromatic heterocycles. The zero-order valence-electron chi connectivity index (χ0n) is 21.6. The lowest BCUT2D eigenvalue weighted by Gasteiger charge is -2.34. The van der Waals surface area contributed by atoms with Crippen LogP contribution in [0.2, 0.25) is 0 Å². The van der Waals surface area contributed by atoms with E-state index in [0.29, 0.717) is 48.6 Å². The number of fused-ring (bicyclic) bond motifs is 2. The Bertz CT molecular complexity index is 1480. The number of thiophene rings is 1. The van der Waals surface area contributed by atoms with Crippen LogP contribution in [0, 0.1) is 5.92 Å². The predicted octanol–water partition coefficient (Wildman–Crippen LogP) is 5.22. The summed E-state index contributed by atoms with van der Waals surface area (Å²) >= 11 is 1.73. The van der Waals surface area contributed by atoms with E-state index in [1.807, 2.05) is 0 Å². The van der Waals surface area contributed by atoms with Crippen molar-refractivity contribution in [3.63, 3.8) is 0 Å². The van der Waals surface area contributed by atoms with Crippen LogP contribution >= 0.6 is 11.3 Å². The number of alkyl halides is 3. The lowest BCUT2D eigenvalue weighted by atomic mass is 10.1. The van der Waals surface area contributed by atoms with Crippen LogP contribution in [0.5, 0.6) is 0 Å². The summed E-state index contributed by atoms with van der Waals surface area (Å²) in [6.45, 7) is 9.14. The van der Waals surface area contributed by atoms with Gasteiger partial charge in [0, 0.05) is 73.7 Å². The molecule has 11 heteroatoms.